The van der Waals surface area contributed by atoms with Crippen LogP contribution >= 0.6 is 11.6 Å². The van der Waals surface area contributed by atoms with Gasteiger partial charge in [0.1, 0.15) is 5.82 Å². The number of carbonyl (C=O) groups excluding carboxylic acids is 1. The van der Waals surface area contributed by atoms with Crippen molar-refractivity contribution in [2.45, 2.75) is 52.0 Å². The number of aryl methyl sites for hydroxylation is 2. The van der Waals surface area contributed by atoms with Gasteiger partial charge in [-0.2, -0.15) is 10.2 Å². The second-order valence-corrected chi connectivity index (χ2v) is 8.87. The molecule has 31 heavy (non-hydrogen) atoms. The molecule has 0 bridgehead atoms. The van der Waals surface area contributed by atoms with Gasteiger partial charge in [-0.15, -0.1) is 5.10 Å². The molecule has 0 spiro atoms. The van der Waals surface area contributed by atoms with Crippen molar-refractivity contribution >= 4 is 29.0 Å². The topological polar surface area (TPSA) is 79.5 Å². The molecule has 0 radical (unpaired) electrons. The highest BCUT2D eigenvalue weighted by Crippen LogP contribution is 2.33. The van der Waals surface area contributed by atoms with Crippen LogP contribution < -0.4 is 4.90 Å². The summed E-state index contributed by atoms with van der Waals surface area (Å²) in [6, 6.07) is 3.62. The quantitative estimate of drug-likeness (QED) is 0.618. The van der Waals surface area contributed by atoms with Crippen molar-refractivity contribution in [2.75, 3.05) is 24.5 Å². The molecule has 8 nitrogen and oxygen atoms in total. The van der Waals surface area contributed by atoms with Crippen molar-refractivity contribution in [1.29, 1.82) is 0 Å². The molecular weight excluding hydrogens is 414 g/mol. The highest BCUT2D eigenvalue weighted by molar-refractivity contribution is 6.32. The molecule has 0 aromatic carbocycles. The molecule has 0 saturated carbocycles. The highest BCUT2D eigenvalue weighted by Gasteiger charge is 2.32. The number of piperidine rings is 1. The van der Waals surface area contributed by atoms with Crippen LogP contribution in [0.1, 0.15) is 65.5 Å². The van der Waals surface area contributed by atoms with E-state index in [0.717, 1.165) is 55.1 Å². The predicted octanol–water partition coefficient (Wildman–Crippen LogP) is 3.76. The van der Waals surface area contributed by atoms with E-state index < -0.39 is 0 Å². The zero-order valence-electron chi connectivity index (χ0n) is 17.9. The number of fused-ring (bicyclic) bond motifs is 1. The monoisotopic (exact) mass is 439 g/mol. The molecule has 5 heterocycles. The van der Waals surface area contributed by atoms with Crippen molar-refractivity contribution in [3.8, 4) is 0 Å². The summed E-state index contributed by atoms with van der Waals surface area (Å²) < 4.78 is 1.84. The first-order chi connectivity index (χ1) is 15.0. The Balaban J connectivity index is 1.49. The third kappa shape index (κ3) is 3.73. The number of amides is 1. The number of halogens is 1. The number of anilines is 1. The van der Waals surface area contributed by atoms with Gasteiger partial charge < -0.3 is 9.80 Å². The van der Waals surface area contributed by atoms with Gasteiger partial charge in [0.05, 0.1) is 23.0 Å². The van der Waals surface area contributed by atoms with Gasteiger partial charge in [0, 0.05) is 37.5 Å². The summed E-state index contributed by atoms with van der Waals surface area (Å²) in [5.74, 6) is 0.921. The number of hydrogen-bond acceptors (Lipinski definition) is 6. The van der Waals surface area contributed by atoms with Crippen molar-refractivity contribution in [3.63, 3.8) is 0 Å². The van der Waals surface area contributed by atoms with Gasteiger partial charge >= 0.3 is 0 Å². The van der Waals surface area contributed by atoms with Gasteiger partial charge in [-0.25, -0.2) is 9.50 Å². The Morgan fingerprint density at radius 3 is 2.65 bits per heavy atom. The molecular formula is C22H26ClN7O. The summed E-state index contributed by atoms with van der Waals surface area (Å²) in [6.07, 6.45) is 7.34. The summed E-state index contributed by atoms with van der Waals surface area (Å²) >= 11 is 6.21. The Morgan fingerprint density at radius 2 is 1.84 bits per heavy atom. The summed E-state index contributed by atoms with van der Waals surface area (Å²) in [5, 5.41) is 12.8. The van der Waals surface area contributed by atoms with Gasteiger partial charge in [0.25, 0.3) is 5.91 Å². The van der Waals surface area contributed by atoms with E-state index in [-0.39, 0.29) is 17.1 Å². The normalized spacial score (nSPS) is 19.4. The fourth-order valence-electron chi connectivity index (χ4n) is 4.69. The molecule has 2 aliphatic heterocycles. The number of aromatic nitrogens is 5. The molecule has 3 aromatic rings. The van der Waals surface area contributed by atoms with Crippen LogP contribution in [0.15, 0.2) is 18.3 Å². The number of likely N-dealkylation sites (tertiary alicyclic amines) is 1. The van der Waals surface area contributed by atoms with E-state index in [1.165, 1.54) is 12.8 Å². The zero-order valence-corrected chi connectivity index (χ0v) is 18.6. The molecule has 2 saturated heterocycles. The SMILES string of the molecule is Cc1cc(C(=O)N2CCCC[C@H]2c2cc3nc(N4CCCC4)c(C)cn3n2)c(Cl)nn1. The highest BCUT2D eigenvalue weighted by atomic mass is 35.5. The van der Waals surface area contributed by atoms with E-state index in [2.05, 4.69) is 22.0 Å². The fourth-order valence-corrected chi connectivity index (χ4v) is 4.87. The van der Waals surface area contributed by atoms with Crippen LogP contribution in [0.4, 0.5) is 5.82 Å². The maximum atomic E-state index is 13.4. The van der Waals surface area contributed by atoms with Crippen LogP contribution in [0.25, 0.3) is 5.65 Å². The lowest BCUT2D eigenvalue weighted by Crippen LogP contribution is -2.39. The van der Waals surface area contributed by atoms with E-state index in [1.807, 2.05) is 28.6 Å². The van der Waals surface area contributed by atoms with Crippen LogP contribution in [-0.4, -0.2) is 55.2 Å². The van der Waals surface area contributed by atoms with Crippen LogP contribution in [0.5, 0.6) is 0 Å². The maximum absolute atomic E-state index is 13.4. The molecule has 2 aliphatic rings. The number of rotatable bonds is 3. The first kappa shape index (κ1) is 20.2. The third-order valence-electron chi connectivity index (χ3n) is 6.24. The lowest BCUT2D eigenvalue weighted by molar-refractivity contribution is 0.0605. The molecule has 9 heteroatoms. The summed E-state index contributed by atoms with van der Waals surface area (Å²) in [4.78, 5) is 22.5. The fraction of sp³-hybridized carbons (Fsp3) is 0.500. The van der Waals surface area contributed by atoms with Crippen LogP contribution in [0.3, 0.4) is 0 Å². The van der Waals surface area contributed by atoms with E-state index in [9.17, 15) is 4.79 Å². The maximum Gasteiger partial charge on any atom is 0.257 e. The smallest absolute Gasteiger partial charge is 0.257 e. The first-order valence-electron chi connectivity index (χ1n) is 10.9. The Hall–Kier alpha value is -2.74. The molecule has 3 aromatic heterocycles. The summed E-state index contributed by atoms with van der Waals surface area (Å²) in [5.41, 5.74) is 3.87. The molecule has 5 rings (SSSR count). The van der Waals surface area contributed by atoms with Crippen LogP contribution in [-0.2, 0) is 0 Å². The minimum atomic E-state index is -0.119. The van der Waals surface area contributed by atoms with E-state index in [4.69, 9.17) is 21.7 Å². The van der Waals surface area contributed by atoms with Crippen molar-refractivity contribution < 1.29 is 4.79 Å². The average Bonchev–Trinajstić information content (AvgIpc) is 3.44. The predicted molar refractivity (Wildman–Crippen MR) is 119 cm³/mol. The lowest BCUT2D eigenvalue weighted by atomic mass is 9.98. The molecule has 2 fully saturated rings. The Kier molecular flexibility index (Phi) is 5.25. The standard InChI is InChI=1S/C22H26ClN7O/c1-14-13-30-19(24-21(14)28-8-5-6-9-28)12-17(27-30)18-7-3-4-10-29(18)22(31)16-11-15(2)25-26-20(16)23/h11-13,18H,3-10H2,1-2H3/t18-/m0/s1. The molecule has 0 N–H and O–H groups in total. The van der Waals surface area contributed by atoms with Crippen LogP contribution in [0.2, 0.25) is 5.15 Å². The number of hydrogen-bond donors (Lipinski definition) is 0. The third-order valence-corrected chi connectivity index (χ3v) is 6.52. The van der Waals surface area contributed by atoms with Gasteiger partial charge in [-0.05, 0) is 52.0 Å². The number of nitrogens with zero attached hydrogens (tertiary/aromatic N) is 7. The largest absolute Gasteiger partial charge is 0.356 e. The second-order valence-electron chi connectivity index (χ2n) is 8.51. The Bertz CT molecular complexity index is 1140. The van der Waals surface area contributed by atoms with Gasteiger partial charge in [0.2, 0.25) is 0 Å². The van der Waals surface area contributed by atoms with E-state index in [0.29, 0.717) is 17.8 Å². The first-order valence-corrected chi connectivity index (χ1v) is 11.3. The van der Waals surface area contributed by atoms with E-state index >= 15 is 0 Å². The minimum absolute atomic E-state index is 0.108. The van der Waals surface area contributed by atoms with Crippen molar-refractivity contribution in [2.24, 2.45) is 0 Å². The molecule has 1 amide bonds. The zero-order chi connectivity index (χ0) is 21.5. The van der Waals surface area contributed by atoms with Gasteiger partial charge in [-0.1, -0.05) is 11.6 Å². The number of carbonyl (C=O) groups is 1. The lowest BCUT2D eigenvalue weighted by Gasteiger charge is -2.34. The van der Waals surface area contributed by atoms with Gasteiger partial charge in [0.15, 0.2) is 10.8 Å². The molecule has 1 atom stereocenters. The molecule has 0 aliphatic carbocycles. The summed E-state index contributed by atoms with van der Waals surface area (Å²) in [6.45, 7) is 6.66. The molecule has 0 unspecified atom stereocenters. The Morgan fingerprint density at radius 1 is 1.06 bits per heavy atom. The Labute approximate surface area is 186 Å². The minimum Gasteiger partial charge on any atom is -0.356 e. The van der Waals surface area contributed by atoms with E-state index in [1.54, 1.807) is 6.07 Å². The second kappa shape index (κ2) is 8.07. The van der Waals surface area contributed by atoms with Gasteiger partial charge in [-0.3, -0.25) is 4.79 Å². The molecule has 162 valence electrons. The summed E-state index contributed by atoms with van der Waals surface area (Å²) in [7, 11) is 0. The average molecular weight is 440 g/mol. The van der Waals surface area contributed by atoms with Crippen molar-refractivity contribution in [1.82, 2.24) is 29.7 Å². The van der Waals surface area contributed by atoms with Crippen molar-refractivity contribution in [3.05, 3.63) is 46.0 Å². The van der Waals surface area contributed by atoms with Crippen LogP contribution in [0, 0.1) is 13.8 Å².